The molecule has 2 aromatic carbocycles. The number of anilines is 1. The summed E-state index contributed by atoms with van der Waals surface area (Å²) in [5.74, 6) is -0.742. The minimum Gasteiger partial charge on any atom is -0.508 e. The summed E-state index contributed by atoms with van der Waals surface area (Å²) in [6.07, 6.45) is 0. The van der Waals surface area contributed by atoms with Gasteiger partial charge < -0.3 is 16.2 Å². The molecule has 0 atom stereocenters. The minimum absolute atomic E-state index is 0.136. The van der Waals surface area contributed by atoms with Crippen LogP contribution < -0.4 is 11.1 Å². The van der Waals surface area contributed by atoms with Gasteiger partial charge in [0.05, 0.1) is 0 Å². The number of aryl methyl sites for hydroxylation is 1. The third kappa shape index (κ3) is 2.95. The predicted octanol–water partition coefficient (Wildman–Crippen LogP) is 2.05. The Morgan fingerprint density at radius 3 is 2.50 bits per heavy atom. The fourth-order valence-corrected chi connectivity index (χ4v) is 1.75. The monoisotopic (exact) mass is 270 g/mol. The number of aromatic hydroxyl groups is 1. The zero-order valence-corrected chi connectivity index (χ0v) is 10.9. The molecular weight excluding hydrogens is 256 g/mol. The normalized spacial score (nSPS) is 10.1. The van der Waals surface area contributed by atoms with E-state index in [-0.39, 0.29) is 11.7 Å². The number of carbonyl (C=O) groups is 2. The SMILES string of the molecule is Cc1cc(C(=O)Nc2cccc(C(N)=O)c2)ccc1O. The summed E-state index contributed by atoms with van der Waals surface area (Å²) >= 11 is 0. The zero-order chi connectivity index (χ0) is 14.7. The lowest BCUT2D eigenvalue weighted by atomic mass is 10.1. The van der Waals surface area contributed by atoms with Gasteiger partial charge in [-0.3, -0.25) is 9.59 Å². The number of phenols is 1. The average Bonchev–Trinajstić information content (AvgIpc) is 2.42. The molecule has 0 heterocycles. The van der Waals surface area contributed by atoms with Gasteiger partial charge in [0.15, 0.2) is 0 Å². The van der Waals surface area contributed by atoms with Gasteiger partial charge in [0.2, 0.25) is 5.91 Å². The first-order valence-corrected chi connectivity index (χ1v) is 5.98. The van der Waals surface area contributed by atoms with Crippen LogP contribution in [-0.2, 0) is 0 Å². The summed E-state index contributed by atoms with van der Waals surface area (Å²) in [7, 11) is 0. The van der Waals surface area contributed by atoms with Crippen molar-refractivity contribution < 1.29 is 14.7 Å². The topological polar surface area (TPSA) is 92.4 Å². The van der Waals surface area contributed by atoms with E-state index in [0.29, 0.717) is 22.4 Å². The smallest absolute Gasteiger partial charge is 0.255 e. The van der Waals surface area contributed by atoms with Gasteiger partial charge in [-0.1, -0.05) is 6.07 Å². The summed E-state index contributed by atoms with van der Waals surface area (Å²) in [6, 6.07) is 11.0. The van der Waals surface area contributed by atoms with Crippen LogP contribution in [0.25, 0.3) is 0 Å². The molecule has 0 aliphatic rings. The van der Waals surface area contributed by atoms with E-state index in [9.17, 15) is 14.7 Å². The van der Waals surface area contributed by atoms with Crippen LogP contribution >= 0.6 is 0 Å². The molecule has 0 unspecified atom stereocenters. The van der Waals surface area contributed by atoms with Gasteiger partial charge in [0.25, 0.3) is 5.91 Å². The lowest BCUT2D eigenvalue weighted by Crippen LogP contribution is -2.14. The zero-order valence-electron chi connectivity index (χ0n) is 10.9. The molecule has 0 spiro atoms. The van der Waals surface area contributed by atoms with Crippen LogP contribution in [0.3, 0.4) is 0 Å². The van der Waals surface area contributed by atoms with E-state index in [0.717, 1.165) is 0 Å². The number of carbonyl (C=O) groups excluding carboxylic acids is 2. The number of rotatable bonds is 3. The predicted molar refractivity (Wildman–Crippen MR) is 75.8 cm³/mol. The van der Waals surface area contributed by atoms with Gasteiger partial charge in [0.1, 0.15) is 5.75 Å². The summed E-state index contributed by atoms with van der Waals surface area (Å²) in [5, 5.41) is 12.1. The fraction of sp³-hybridized carbons (Fsp3) is 0.0667. The van der Waals surface area contributed by atoms with Crippen LogP contribution in [0.2, 0.25) is 0 Å². The van der Waals surface area contributed by atoms with Crippen molar-refractivity contribution >= 4 is 17.5 Å². The molecule has 102 valence electrons. The molecule has 4 N–H and O–H groups in total. The summed E-state index contributed by atoms with van der Waals surface area (Å²) in [6.45, 7) is 1.71. The maximum atomic E-state index is 12.0. The van der Waals surface area contributed by atoms with Gasteiger partial charge in [0, 0.05) is 16.8 Å². The third-order valence-electron chi connectivity index (χ3n) is 2.86. The number of hydrogen-bond acceptors (Lipinski definition) is 3. The Bertz CT molecular complexity index is 681. The second-order valence-corrected chi connectivity index (χ2v) is 4.40. The van der Waals surface area contributed by atoms with Crippen LogP contribution in [0.15, 0.2) is 42.5 Å². The largest absolute Gasteiger partial charge is 0.508 e. The number of nitrogens with one attached hydrogen (secondary N) is 1. The molecule has 2 amide bonds. The second-order valence-electron chi connectivity index (χ2n) is 4.40. The van der Waals surface area contributed by atoms with E-state index in [1.165, 1.54) is 18.2 Å². The van der Waals surface area contributed by atoms with Crippen LogP contribution in [0, 0.1) is 6.92 Å². The van der Waals surface area contributed by atoms with Crippen LogP contribution in [0.1, 0.15) is 26.3 Å². The van der Waals surface area contributed by atoms with Gasteiger partial charge in [-0.2, -0.15) is 0 Å². The highest BCUT2D eigenvalue weighted by Crippen LogP contribution is 2.18. The second kappa shape index (κ2) is 5.44. The van der Waals surface area contributed by atoms with Crippen LogP contribution in [0.5, 0.6) is 5.75 Å². The van der Waals surface area contributed by atoms with Crippen molar-refractivity contribution in [3.05, 3.63) is 59.2 Å². The molecule has 0 radical (unpaired) electrons. The Morgan fingerprint density at radius 1 is 1.10 bits per heavy atom. The number of benzene rings is 2. The Morgan fingerprint density at radius 2 is 1.85 bits per heavy atom. The molecule has 5 heteroatoms. The molecule has 0 fully saturated rings. The number of hydrogen-bond donors (Lipinski definition) is 3. The van der Waals surface area contributed by atoms with Crippen molar-refractivity contribution in [1.29, 1.82) is 0 Å². The van der Waals surface area contributed by atoms with Crippen molar-refractivity contribution in [2.75, 3.05) is 5.32 Å². The lowest BCUT2D eigenvalue weighted by molar-refractivity contribution is 0.0996. The standard InChI is InChI=1S/C15H14N2O3/c1-9-7-11(5-6-13(9)18)15(20)17-12-4-2-3-10(8-12)14(16)19/h2-8,18H,1H3,(H2,16,19)(H,17,20). The van der Waals surface area contributed by atoms with Gasteiger partial charge >= 0.3 is 0 Å². The maximum Gasteiger partial charge on any atom is 0.255 e. The first-order chi connectivity index (χ1) is 9.47. The van der Waals surface area contributed by atoms with Crippen molar-refractivity contribution in [2.24, 2.45) is 5.73 Å². The third-order valence-corrected chi connectivity index (χ3v) is 2.86. The molecule has 5 nitrogen and oxygen atoms in total. The first-order valence-electron chi connectivity index (χ1n) is 5.98. The molecule has 0 bridgehead atoms. The summed E-state index contributed by atoms with van der Waals surface area (Å²) < 4.78 is 0. The molecule has 20 heavy (non-hydrogen) atoms. The molecule has 0 aliphatic carbocycles. The minimum atomic E-state index is -0.554. The Labute approximate surface area is 116 Å². The quantitative estimate of drug-likeness (QED) is 0.797. The van der Waals surface area contributed by atoms with Crippen molar-refractivity contribution in [3.8, 4) is 5.75 Å². The van der Waals surface area contributed by atoms with Crippen molar-refractivity contribution in [2.45, 2.75) is 6.92 Å². The Hall–Kier alpha value is -2.82. The highest BCUT2D eigenvalue weighted by atomic mass is 16.3. The maximum absolute atomic E-state index is 12.0. The molecule has 0 saturated heterocycles. The van der Waals surface area contributed by atoms with Crippen LogP contribution in [-0.4, -0.2) is 16.9 Å². The lowest BCUT2D eigenvalue weighted by Gasteiger charge is -2.07. The van der Waals surface area contributed by atoms with E-state index in [2.05, 4.69) is 5.32 Å². The van der Waals surface area contributed by atoms with E-state index < -0.39 is 5.91 Å². The van der Waals surface area contributed by atoms with Gasteiger partial charge in [-0.05, 0) is 48.9 Å². The molecular formula is C15H14N2O3. The number of nitrogens with two attached hydrogens (primary N) is 1. The Kier molecular flexibility index (Phi) is 3.70. The average molecular weight is 270 g/mol. The van der Waals surface area contributed by atoms with E-state index in [1.54, 1.807) is 31.2 Å². The number of primary amides is 1. The molecule has 0 aliphatic heterocycles. The molecule has 0 aromatic heterocycles. The molecule has 0 saturated carbocycles. The first kappa shape index (κ1) is 13.6. The van der Waals surface area contributed by atoms with Gasteiger partial charge in [-0.25, -0.2) is 0 Å². The van der Waals surface area contributed by atoms with Gasteiger partial charge in [-0.15, -0.1) is 0 Å². The summed E-state index contributed by atoms with van der Waals surface area (Å²) in [4.78, 5) is 23.1. The fourth-order valence-electron chi connectivity index (χ4n) is 1.75. The van der Waals surface area contributed by atoms with Crippen molar-refractivity contribution in [3.63, 3.8) is 0 Å². The van der Waals surface area contributed by atoms with E-state index in [4.69, 9.17) is 5.73 Å². The molecule has 2 aromatic rings. The summed E-state index contributed by atoms with van der Waals surface area (Å²) in [5.41, 5.74) is 7.02. The highest BCUT2D eigenvalue weighted by Gasteiger charge is 2.09. The van der Waals surface area contributed by atoms with Crippen molar-refractivity contribution in [1.82, 2.24) is 0 Å². The number of phenolic OH excluding ortho intramolecular Hbond substituents is 1. The van der Waals surface area contributed by atoms with Crippen LogP contribution in [0.4, 0.5) is 5.69 Å². The highest BCUT2D eigenvalue weighted by molar-refractivity contribution is 6.05. The molecule has 2 rings (SSSR count). The Balaban J connectivity index is 2.21. The number of amides is 2. The van der Waals surface area contributed by atoms with E-state index >= 15 is 0 Å². The van der Waals surface area contributed by atoms with E-state index in [1.807, 2.05) is 0 Å².